The molecule has 2 atom stereocenters. The molecule has 0 radical (unpaired) electrons. The molecule has 35 heavy (non-hydrogen) atoms. The molecule has 1 heterocycles. The average molecular weight is 498 g/mol. The van der Waals surface area contributed by atoms with E-state index >= 15 is 0 Å². The Bertz CT molecular complexity index is 1080. The lowest BCUT2D eigenvalue weighted by Gasteiger charge is -2.23. The number of carbonyl (C=O) groups excluding carboxylic acids is 1. The van der Waals surface area contributed by atoms with Crippen LogP contribution in [0.5, 0.6) is 0 Å². The maximum atomic E-state index is 13.0. The highest BCUT2D eigenvalue weighted by atomic mass is 35.5. The third-order valence-corrected chi connectivity index (χ3v) is 6.98. The molecule has 6 heteroatoms. The van der Waals surface area contributed by atoms with E-state index in [1.54, 1.807) is 6.08 Å². The number of carbonyl (C=O) groups is 2. The smallest absolute Gasteiger partial charge is 0.303 e. The number of aryl methyl sites for hydroxylation is 1. The number of benzene rings is 2. The first-order chi connectivity index (χ1) is 16.6. The summed E-state index contributed by atoms with van der Waals surface area (Å²) in [5.74, 6) is -0.633. The first kappa shape index (κ1) is 27.0. The number of aliphatic hydroxyl groups is 1. The summed E-state index contributed by atoms with van der Waals surface area (Å²) in [6.45, 7) is 6.60. The number of rotatable bonds is 11. The first-order valence-corrected chi connectivity index (χ1v) is 12.7. The van der Waals surface area contributed by atoms with Gasteiger partial charge in [-0.25, -0.2) is 0 Å². The number of carboxylic acids is 1. The lowest BCUT2D eigenvalue weighted by molar-refractivity contribution is -0.137. The zero-order chi connectivity index (χ0) is 25.6. The molecule has 1 aliphatic rings. The zero-order valence-corrected chi connectivity index (χ0v) is 21.6. The second-order valence-corrected chi connectivity index (χ2v) is 10.6. The molecule has 2 aromatic rings. The normalized spacial score (nSPS) is 18.4. The second kappa shape index (κ2) is 11.9. The Hall–Kier alpha value is -2.63. The van der Waals surface area contributed by atoms with Crippen molar-refractivity contribution >= 4 is 23.5 Å². The number of aliphatic carboxylic acids is 1. The Kier molecular flexibility index (Phi) is 9.15. The Morgan fingerprint density at radius 1 is 1.17 bits per heavy atom. The summed E-state index contributed by atoms with van der Waals surface area (Å²) < 4.78 is 0. The van der Waals surface area contributed by atoms with Crippen LogP contribution in [0.4, 0.5) is 0 Å². The molecule has 0 aliphatic carbocycles. The van der Waals surface area contributed by atoms with Gasteiger partial charge in [0.25, 0.3) is 0 Å². The van der Waals surface area contributed by atoms with Crippen molar-refractivity contribution in [3.8, 4) is 11.1 Å². The van der Waals surface area contributed by atoms with Crippen molar-refractivity contribution in [2.24, 2.45) is 5.41 Å². The van der Waals surface area contributed by atoms with Crippen LogP contribution in [0.15, 0.2) is 54.6 Å². The van der Waals surface area contributed by atoms with E-state index in [0.29, 0.717) is 24.4 Å². The number of likely N-dealkylation sites (tertiary alicyclic amines) is 1. The fourth-order valence-electron chi connectivity index (χ4n) is 4.80. The standard InChI is InChI=1S/C29H36ClNO4/c1-20-17-23(30)12-14-25(20)21-9-8-10-22(18-21)26(32)15-13-24-19-29(2,3)28(35)31(24)16-7-5-4-6-11-27(33)34/h8-10,12-15,17-18,24,26,32H,4-7,11,16,19H2,1-3H3,(H,33,34)/b15-13+/t24-,26?/m0/s1. The molecule has 1 unspecified atom stereocenters. The van der Waals surface area contributed by atoms with Gasteiger partial charge in [-0.05, 0) is 66.6 Å². The van der Waals surface area contributed by atoms with Gasteiger partial charge in [0, 0.05) is 23.4 Å². The SMILES string of the molecule is Cc1cc(Cl)ccc1-c1cccc(C(O)/C=C/[C@H]2CC(C)(C)C(=O)N2CCCCCCC(=O)O)c1. The van der Waals surface area contributed by atoms with Crippen LogP contribution in [0.25, 0.3) is 11.1 Å². The fourth-order valence-corrected chi connectivity index (χ4v) is 5.02. The first-order valence-electron chi connectivity index (χ1n) is 12.3. The van der Waals surface area contributed by atoms with Crippen molar-refractivity contribution in [2.45, 2.75) is 71.4 Å². The second-order valence-electron chi connectivity index (χ2n) is 10.1. The van der Waals surface area contributed by atoms with Gasteiger partial charge in [0.05, 0.1) is 12.1 Å². The van der Waals surface area contributed by atoms with E-state index < -0.39 is 17.5 Å². The van der Waals surface area contributed by atoms with Crippen LogP contribution in [0.3, 0.4) is 0 Å². The topological polar surface area (TPSA) is 77.8 Å². The number of halogens is 1. The van der Waals surface area contributed by atoms with Gasteiger partial charge in [-0.15, -0.1) is 0 Å². The van der Waals surface area contributed by atoms with Crippen LogP contribution in [0, 0.1) is 12.3 Å². The van der Waals surface area contributed by atoms with E-state index in [2.05, 4.69) is 0 Å². The summed E-state index contributed by atoms with van der Waals surface area (Å²) in [5, 5.41) is 20.4. The maximum Gasteiger partial charge on any atom is 0.303 e. The van der Waals surface area contributed by atoms with Crippen molar-refractivity contribution in [1.29, 1.82) is 0 Å². The molecule has 1 amide bonds. The highest BCUT2D eigenvalue weighted by molar-refractivity contribution is 6.30. The van der Waals surface area contributed by atoms with Gasteiger partial charge in [0.2, 0.25) is 5.91 Å². The van der Waals surface area contributed by atoms with Gasteiger partial charge in [-0.1, -0.05) is 74.7 Å². The number of hydrogen-bond acceptors (Lipinski definition) is 3. The molecule has 0 spiro atoms. The molecule has 0 aromatic heterocycles. The van der Waals surface area contributed by atoms with Crippen LogP contribution in [-0.2, 0) is 9.59 Å². The number of amides is 1. The third kappa shape index (κ3) is 7.18. The Morgan fingerprint density at radius 2 is 1.91 bits per heavy atom. The van der Waals surface area contributed by atoms with Crippen molar-refractivity contribution in [3.05, 3.63) is 70.8 Å². The van der Waals surface area contributed by atoms with Crippen molar-refractivity contribution in [2.75, 3.05) is 6.54 Å². The highest BCUT2D eigenvalue weighted by Crippen LogP contribution is 2.37. The minimum absolute atomic E-state index is 0.0622. The molecule has 188 valence electrons. The third-order valence-electron chi connectivity index (χ3n) is 6.74. The molecular formula is C29H36ClNO4. The van der Waals surface area contributed by atoms with Crippen LogP contribution < -0.4 is 0 Å². The van der Waals surface area contributed by atoms with Gasteiger partial charge in [0.15, 0.2) is 0 Å². The van der Waals surface area contributed by atoms with Crippen molar-refractivity contribution in [3.63, 3.8) is 0 Å². The van der Waals surface area contributed by atoms with E-state index in [1.165, 1.54) is 0 Å². The largest absolute Gasteiger partial charge is 0.481 e. The molecule has 1 aliphatic heterocycles. The van der Waals surface area contributed by atoms with E-state index in [0.717, 1.165) is 41.5 Å². The summed E-state index contributed by atoms with van der Waals surface area (Å²) in [4.78, 5) is 25.5. The maximum absolute atomic E-state index is 13.0. The summed E-state index contributed by atoms with van der Waals surface area (Å²) >= 11 is 6.10. The predicted molar refractivity (Wildman–Crippen MR) is 140 cm³/mol. The molecule has 0 bridgehead atoms. The lowest BCUT2D eigenvalue weighted by atomic mass is 9.89. The van der Waals surface area contributed by atoms with Crippen molar-refractivity contribution in [1.82, 2.24) is 4.90 Å². The van der Waals surface area contributed by atoms with E-state index in [9.17, 15) is 14.7 Å². The molecule has 1 saturated heterocycles. The monoisotopic (exact) mass is 497 g/mol. The van der Waals surface area contributed by atoms with E-state index in [-0.39, 0.29) is 18.4 Å². The number of nitrogens with zero attached hydrogens (tertiary/aromatic N) is 1. The van der Waals surface area contributed by atoms with Gasteiger partial charge in [-0.2, -0.15) is 0 Å². The van der Waals surface area contributed by atoms with E-state index in [1.807, 2.05) is 74.2 Å². The van der Waals surface area contributed by atoms with Crippen LogP contribution in [-0.4, -0.2) is 39.6 Å². The molecule has 2 aromatic carbocycles. The van der Waals surface area contributed by atoms with Gasteiger partial charge in [0.1, 0.15) is 0 Å². The average Bonchev–Trinajstić information content (AvgIpc) is 3.02. The summed E-state index contributed by atoms with van der Waals surface area (Å²) in [5.41, 5.74) is 3.53. The van der Waals surface area contributed by atoms with Gasteiger partial charge < -0.3 is 15.1 Å². The molecule has 0 saturated carbocycles. The van der Waals surface area contributed by atoms with Crippen LogP contribution >= 0.6 is 11.6 Å². The van der Waals surface area contributed by atoms with Crippen molar-refractivity contribution < 1.29 is 19.8 Å². The van der Waals surface area contributed by atoms with Crippen LogP contribution in [0.2, 0.25) is 5.02 Å². The zero-order valence-electron chi connectivity index (χ0n) is 20.8. The number of unbranched alkanes of at least 4 members (excludes halogenated alkanes) is 3. The minimum atomic E-state index is -0.778. The Balaban J connectivity index is 1.66. The molecule has 1 fully saturated rings. The summed E-state index contributed by atoms with van der Waals surface area (Å²) in [6, 6.07) is 13.6. The lowest BCUT2D eigenvalue weighted by Crippen LogP contribution is -2.35. The summed E-state index contributed by atoms with van der Waals surface area (Å²) in [6.07, 6.45) is 7.12. The number of carboxylic acid groups (broad SMARTS) is 1. The number of hydrogen-bond donors (Lipinski definition) is 2. The predicted octanol–water partition coefficient (Wildman–Crippen LogP) is 6.57. The quantitative estimate of drug-likeness (QED) is 0.272. The van der Waals surface area contributed by atoms with Crippen LogP contribution in [0.1, 0.15) is 69.6 Å². The Labute approximate surface area is 213 Å². The highest BCUT2D eigenvalue weighted by Gasteiger charge is 2.43. The number of aliphatic hydroxyl groups excluding tert-OH is 1. The fraction of sp³-hybridized carbons (Fsp3) is 0.448. The molecule has 5 nitrogen and oxygen atoms in total. The summed E-state index contributed by atoms with van der Waals surface area (Å²) in [7, 11) is 0. The molecule has 3 rings (SSSR count). The molecular weight excluding hydrogens is 462 g/mol. The Morgan fingerprint density at radius 3 is 2.63 bits per heavy atom. The van der Waals surface area contributed by atoms with Gasteiger partial charge >= 0.3 is 5.97 Å². The van der Waals surface area contributed by atoms with E-state index in [4.69, 9.17) is 16.7 Å². The minimum Gasteiger partial charge on any atom is -0.481 e. The molecule has 2 N–H and O–H groups in total. The van der Waals surface area contributed by atoms with Gasteiger partial charge in [-0.3, -0.25) is 9.59 Å².